The Bertz CT molecular complexity index is 646. The number of aromatic nitrogens is 1. The summed E-state index contributed by atoms with van der Waals surface area (Å²) in [6.07, 6.45) is 0.282. The van der Waals surface area contributed by atoms with Gasteiger partial charge in [-0.25, -0.2) is 0 Å². The van der Waals surface area contributed by atoms with Gasteiger partial charge in [0.05, 0.1) is 22.0 Å². The highest BCUT2D eigenvalue weighted by Gasteiger charge is 2.25. The lowest BCUT2D eigenvalue weighted by atomic mass is 10.1. The molecular formula is C8H3N3O6. The second-order valence-electron chi connectivity index (χ2n) is 3.04. The number of benzene rings is 1. The van der Waals surface area contributed by atoms with Gasteiger partial charge in [-0.3, -0.25) is 25.0 Å². The first kappa shape index (κ1) is 10.7. The van der Waals surface area contributed by atoms with Crippen molar-refractivity contribution in [3.05, 3.63) is 38.1 Å². The molecule has 1 aromatic carbocycles. The molecule has 1 aromatic heterocycles. The largest absolute Gasteiger partial charge is 0.355 e. The van der Waals surface area contributed by atoms with Gasteiger partial charge in [0.1, 0.15) is 5.39 Å². The smallest absolute Gasteiger partial charge is 0.289 e. The van der Waals surface area contributed by atoms with Gasteiger partial charge < -0.3 is 4.52 Å². The Balaban J connectivity index is 2.88. The zero-order valence-corrected chi connectivity index (χ0v) is 8.02. The van der Waals surface area contributed by atoms with E-state index in [4.69, 9.17) is 0 Å². The number of nitrogens with zero attached hydrogens (tertiary/aromatic N) is 3. The first-order valence-electron chi connectivity index (χ1n) is 4.22. The number of nitro groups is 2. The molecule has 0 bridgehead atoms. The number of carbonyl (C=O) groups is 1. The van der Waals surface area contributed by atoms with Crippen LogP contribution in [0.1, 0.15) is 10.5 Å². The molecule has 0 aliphatic heterocycles. The minimum Gasteiger partial charge on any atom is -0.355 e. The molecule has 0 spiro atoms. The summed E-state index contributed by atoms with van der Waals surface area (Å²) in [4.78, 5) is 30.3. The summed E-state index contributed by atoms with van der Waals surface area (Å²) in [5.41, 5.74) is -1.52. The van der Waals surface area contributed by atoms with Crippen LogP contribution in [0.3, 0.4) is 0 Å². The summed E-state index contributed by atoms with van der Waals surface area (Å²) in [5, 5.41) is 24.4. The number of fused-ring (bicyclic) bond motifs is 1. The quantitative estimate of drug-likeness (QED) is 0.448. The predicted molar refractivity (Wildman–Crippen MR) is 52.7 cm³/mol. The second kappa shape index (κ2) is 3.63. The zero-order chi connectivity index (χ0) is 12.6. The van der Waals surface area contributed by atoms with Crippen molar-refractivity contribution in [2.45, 2.75) is 0 Å². The molecule has 0 amide bonds. The SMILES string of the molecule is O=Cc1noc2cc([N+](=O)[O-])cc([N+](=O)[O-])c12. The van der Waals surface area contributed by atoms with Gasteiger partial charge in [-0.05, 0) is 0 Å². The number of non-ortho nitro benzene ring substituents is 2. The minimum absolute atomic E-state index is 0.143. The maximum absolute atomic E-state index is 10.8. The van der Waals surface area contributed by atoms with Crippen LogP contribution >= 0.6 is 0 Å². The number of aldehydes is 1. The lowest BCUT2D eigenvalue weighted by Gasteiger charge is -1.94. The Labute approximate surface area is 91.9 Å². The van der Waals surface area contributed by atoms with Crippen LogP contribution in [0.2, 0.25) is 0 Å². The maximum Gasteiger partial charge on any atom is 0.289 e. The van der Waals surface area contributed by atoms with Crippen LogP contribution < -0.4 is 0 Å². The van der Waals surface area contributed by atoms with Gasteiger partial charge in [-0.1, -0.05) is 5.16 Å². The van der Waals surface area contributed by atoms with Gasteiger partial charge in [0, 0.05) is 0 Å². The Morgan fingerprint density at radius 1 is 1.24 bits per heavy atom. The molecule has 0 aliphatic carbocycles. The van der Waals surface area contributed by atoms with E-state index in [1.807, 2.05) is 0 Å². The molecule has 0 aliphatic rings. The van der Waals surface area contributed by atoms with Crippen molar-refractivity contribution in [2.24, 2.45) is 0 Å². The number of carbonyl (C=O) groups excluding carboxylic acids is 1. The van der Waals surface area contributed by atoms with Crippen molar-refractivity contribution >= 4 is 28.6 Å². The highest BCUT2D eigenvalue weighted by molar-refractivity contribution is 6.00. The molecule has 0 atom stereocenters. The van der Waals surface area contributed by atoms with Crippen molar-refractivity contribution in [2.75, 3.05) is 0 Å². The molecule has 2 aromatic rings. The Morgan fingerprint density at radius 3 is 2.47 bits per heavy atom. The van der Waals surface area contributed by atoms with Gasteiger partial charge in [-0.15, -0.1) is 0 Å². The van der Waals surface area contributed by atoms with Crippen LogP contribution in [0.15, 0.2) is 16.7 Å². The van der Waals surface area contributed by atoms with E-state index < -0.39 is 21.2 Å². The summed E-state index contributed by atoms with van der Waals surface area (Å²) in [5.74, 6) is 0. The second-order valence-corrected chi connectivity index (χ2v) is 3.04. The van der Waals surface area contributed by atoms with Crippen LogP contribution in [0.5, 0.6) is 0 Å². The Morgan fingerprint density at radius 2 is 1.94 bits per heavy atom. The predicted octanol–water partition coefficient (Wildman–Crippen LogP) is 1.46. The van der Waals surface area contributed by atoms with Gasteiger partial charge in [0.15, 0.2) is 17.6 Å². The summed E-state index contributed by atoms with van der Waals surface area (Å²) in [6.45, 7) is 0. The molecule has 0 unspecified atom stereocenters. The highest BCUT2D eigenvalue weighted by atomic mass is 16.6. The fraction of sp³-hybridized carbons (Fsp3) is 0. The lowest BCUT2D eigenvalue weighted by molar-refractivity contribution is -0.393. The molecule has 1 heterocycles. The number of hydrogen-bond donors (Lipinski definition) is 0. The van der Waals surface area contributed by atoms with E-state index in [2.05, 4.69) is 9.68 Å². The van der Waals surface area contributed by atoms with Gasteiger partial charge >= 0.3 is 0 Å². The van der Waals surface area contributed by atoms with Gasteiger partial charge in [0.25, 0.3) is 11.4 Å². The van der Waals surface area contributed by atoms with Crippen LogP contribution in [0, 0.1) is 20.2 Å². The Hall–Kier alpha value is -2.84. The standard InChI is InChI=1S/C8H3N3O6/c12-3-5-8-6(11(15)16)1-4(10(13)14)2-7(8)17-9-5/h1-3H. The maximum atomic E-state index is 10.8. The fourth-order valence-corrected chi connectivity index (χ4v) is 1.39. The molecule has 9 nitrogen and oxygen atoms in total. The number of rotatable bonds is 3. The molecule has 2 rings (SSSR count). The molecule has 0 N–H and O–H groups in total. The van der Waals surface area contributed by atoms with Gasteiger partial charge in [-0.2, -0.15) is 0 Å². The molecular weight excluding hydrogens is 234 g/mol. The van der Waals surface area contributed by atoms with Crippen molar-refractivity contribution in [1.29, 1.82) is 0 Å². The third-order valence-electron chi connectivity index (χ3n) is 2.08. The first-order valence-corrected chi connectivity index (χ1v) is 4.22. The molecule has 17 heavy (non-hydrogen) atoms. The van der Waals surface area contributed by atoms with Crippen LogP contribution in [-0.4, -0.2) is 21.3 Å². The van der Waals surface area contributed by atoms with E-state index in [9.17, 15) is 25.0 Å². The molecule has 0 radical (unpaired) electrons. The Kier molecular flexibility index (Phi) is 2.28. The van der Waals surface area contributed by atoms with E-state index in [0.717, 1.165) is 12.1 Å². The van der Waals surface area contributed by atoms with Crippen molar-refractivity contribution in [3.63, 3.8) is 0 Å². The monoisotopic (exact) mass is 237 g/mol. The minimum atomic E-state index is -0.834. The van der Waals surface area contributed by atoms with E-state index in [0.29, 0.717) is 0 Å². The average molecular weight is 237 g/mol. The topological polar surface area (TPSA) is 129 Å². The first-order chi connectivity index (χ1) is 8.04. The highest BCUT2D eigenvalue weighted by Crippen LogP contribution is 2.32. The molecule has 86 valence electrons. The third kappa shape index (κ3) is 1.58. The normalized spacial score (nSPS) is 10.4. The van der Waals surface area contributed by atoms with Crippen LogP contribution in [0.25, 0.3) is 11.0 Å². The van der Waals surface area contributed by atoms with E-state index >= 15 is 0 Å². The van der Waals surface area contributed by atoms with E-state index in [1.54, 1.807) is 0 Å². The van der Waals surface area contributed by atoms with Crippen molar-refractivity contribution in [3.8, 4) is 0 Å². The summed E-state index contributed by atoms with van der Waals surface area (Å²) >= 11 is 0. The number of nitro benzene ring substituents is 2. The molecule has 0 fully saturated rings. The average Bonchev–Trinajstić information content (AvgIpc) is 2.70. The molecule has 9 heteroatoms. The van der Waals surface area contributed by atoms with Crippen LogP contribution in [0.4, 0.5) is 11.4 Å². The summed E-state index contributed by atoms with van der Waals surface area (Å²) in [6, 6.07) is 1.73. The fourth-order valence-electron chi connectivity index (χ4n) is 1.39. The van der Waals surface area contributed by atoms with E-state index in [-0.39, 0.29) is 22.9 Å². The summed E-state index contributed by atoms with van der Waals surface area (Å²) in [7, 11) is 0. The number of hydrogen-bond acceptors (Lipinski definition) is 7. The summed E-state index contributed by atoms with van der Waals surface area (Å²) < 4.78 is 4.63. The van der Waals surface area contributed by atoms with Crippen molar-refractivity contribution < 1.29 is 19.2 Å². The zero-order valence-electron chi connectivity index (χ0n) is 8.02. The van der Waals surface area contributed by atoms with E-state index in [1.165, 1.54) is 0 Å². The van der Waals surface area contributed by atoms with Gasteiger partial charge in [0.2, 0.25) is 0 Å². The lowest BCUT2D eigenvalue weighted by Crippen LogP contribution is -1.94. The van der Waals surface area contributed by atoms with Crippen molar-refractivity contribution in [1.82, 2.24) is 5.16 Å². The molecule has 0 saturated heterocycles. The molecule has 0 saturated carbocycles. The van der Waals surface area contributed by atoms with Crippen LogP contribution in [-0.2, 0) is 0 Å². The third-order valence-corrected chi connectivity index (χ3v) is 2.08.